The zero-order valence-corrected chi connectivity index (χ0v) is 22.4. The molecule has 3 N–H and O–H groups in total. The third-order valence-corrected chi connectivity index (χ3v) is 7.52. The molecule has 40 heavy (non-hydrogen) atoms. The standard InChI is InChI=1S/C35H28N4O/c1-21-3-7-23(8-4-21)34-30-13-11-25(36-30)19-26-12-14-31(37-26)35(24-9-5-22(2)6-10-24)33-18-16-29(39-33)27(20-40)28-15-17-32(34)38-28/h3-19,36-37,40H,20H2,1-2H3. The molecule has 5 nitrogen and oxygen atoms in total. The summed E-state index contributed by atoms with van der Waals surface area (Å²) in [7, 11) is 0. The molecule has 194 valence electrons. The minimum absolute atomic E-state index is 0.166. The summed E-state index contributed by atoms with van der Waals surface area (Å²) in [5.74, 6) is 0. The molecule has 0 fully saturated rings. The van der Waals surface area contributed by atoms with Crippen molar-refractivity contribution in [1.29, 1.82) is 0 Å². The number of nitrogens with one attached hydrogen (secondary N) is 2. The largest absolute Gasteiger partial charge is 0.392 e. The molecule has 0 amide bonds. The Morgan fingerprint density at radius 1 is 0.550 bits per heavy atom. The van der Waals surface area contributed by atoms with Gasteiger partial charge in [0.25, 0.3) is 0 Å². The molecule has 2 aliphatic rings. The summed E-state index contributed by atoms with van der Waals surface area (Å²) in [5, 5.41) is 10.5. The number of H-pyrrole nitrogens is 2. The third kappa shape index (κ3) is 4.27. The molecule has 2 aliphatic heterocycles. The van der Waals surface area contributed by atoms with Crippen LogP contribution in [0.15, 0.2) is 78.9 Å². The number of hydrogen-bond donors (Lipinski definition) is 3. The number of aryl methyl sites for hydroxylation is 2. The van der Waals surface area contributed by atoms with Gasteiger partial charge < -0.3 is 15.1 Å². The lowest BCUT2D eigenvalue weighted by Gasteiger charge is -2.05. The number of benzene rings is 2. The first-order chi connectivity index (χ1) is 19.6. The average molecular weight is 521 g/mol. The second-order valence-corrected chi connectivity index (χ2v) is 10.3. The van der Waals surface area contributed by atoms with Crippen molar-refractivity contribution in [2.24, 2.45) is 0 Å². The maximum absolute atomic E-state index is 10.5. The van der Waals surface area contributed by atoms with Gasteiger partial charge in [-0.3, -0.25) is 0 Å². The van der Waals surface area contributed by atoms with Crippen molar-refractivity contribution in [3.8, 4) is 22.3 Å². The van der Waals surface area contributed by atoms with Crippen LogP contribution in [-0.2, 0) is 6.61 Å². The van der Waals surface area contributed by atoms with Crippen LogP contribution in [0.25, 0.3) is 68.6 Å². The first-order valence-electron chi connectivity index (χ1n) is 13.4. The first kappa shape index (κ1) is 24.1. The Kier molecular flexibility index (Phi) is 5.80. The zero-order chi connectivity index (χ0) is 27.2. The van der Waals surface area contributed by atoms with Crippen LogP contribution >= 0.6 is 0 Å². The first-order valence-corrected chi connectivity index (χ1v) is 13.4. The van der Waals surface area contributed by atoms with Gasteiger partial charge in [-0.25, -0.2) is 9.97 Å². The Balaban J connectivity index is 1.60. The van der Waals surface area contributed by atoms with E-state index in [4.69, 9.17) is 9.97 Å². The summed E-state index contributed by atoms with van der Waals surface area (Å²) in [5.41, 5.74) is 14.3. The number of fused-ring (bicyclic) bond motifs is 8. The van der Waals surface area contributed by atoms with Crippen molar-refractivity contribution in [1.82, 2.24) is 19.9 Å². The fraction of sp³-hybridized carbons (Fsp3) is 0.0857. The van der Waals surface area contributed by atoms with E-state index in [1.807, 2.05) is 24.3 Å². The molecule has 0 radical (unpaired) electrons. The Labute approximate surface area is 232 Å². The molecule has 3 aromatic heterocycles. The van der Waals surface area contributed by atoms with Gasteiger partial charge in [-0.15, -0.1) is 0 Å². The maximum Gasteiger partial charge on any atom is 0.0737 e. The highest BCUT2D eigenvalue weighted by Gasteiger charge is 2.17. The fourth-order valence-corrected chi connectivity index (χ4v) is 5.41. The van der Waals surface area contributed by atoms with Crippen molar-refractivity contribution in [2.45, 2.75) is 20.5 Å². The van der Waals surface area contributed by atoms with Crippen LogP contribution in [-0.4, -0.2) is 25.0 Å². The van der Waals surface area contributed by atoms with E-state index in [1.165, 1.54) is 11.1 Å². The second-order valence-electron chi connectivity index (χ2n) is 10.3. The van der Waals surface area contributed by atoms with Crippen LogP contribution in [0.4, 0.5) is 0 Å². The summed E-state index contributed by atoms with van der Waals surface area (Å²) in [4.78, 5) is 17.2. The number of aromatic nitrogens is 4. The van der Waals surface area contributed by atoms with E-state index in [1.54, 1.807) is 0 Å². The van der Waals surface area contributed by atoms with Gasteiger partial charge in [-0.05, 0) is 79.6 Å². The Morgan fingerprint density at radius 3 is 1.40 bits per heavy atom. The van der Waals surface area contributed by atoms with Gasteiger partial charge in [0.05, 0.1) is 29.4 Å². The number of aromatic amines is 2. The smallest absolute Gasteiger partial charge is 0.0737 e. The summed E-state index contributed by atoms with van der Waals surface area (Å²) < 4.78 is 0. The lowest BCUT2D eigenvalue weighted by atomic mass is 10.0. The second kappa shape index (κ2) is 9.63. The molecule has 8 bridgehead atoms. The van der Waals surface area contributed by atoms with E-state index in [0.29, 0.717) is 5.56 Å². The number of hydrogen-bond acceptors (Lipinski definition) is 3. The molecule has 0 atom stereocenters. The normalized spacial score (nSPS) is 12.3. The van der Waals surface area contributed by atoms with E-state index in [0.717, 1.165) is 67.1 Å². The van der Waals surface area contributed by atoms with Gasteiger partial charge in [0.1, 0.15) is 0 Å². The molecule has 2 aromatic carbocycles. The lowest BCUT2D eigenvalue weighted by molar-refractivity contribution is 0.280. The molecule has 0 saturated heterocycles. The Bertz CT molecular complexity index is 1850. The molecular weight excluding hydrogens is 492 g/mol. The van der Waals surface area contributed by atoms with Crippen molar-refractivity contribution >= 4 is 46.4 Å². The van der Waals surface area contributed by atoms with E-state index in [2.05, 4.69) is 103 Å². The van der Waals surface area contributed by atoms with Gasteiger partial charge in [0.2, 0.25) is 0 Å². The van der Waals surface area contributed by atoms with Gasteiger partial charge in [-0.2, -0.15) is 0 Å². The number of aliphatic hydroxyl groups is 1. The third-order valence-electron chi connectivity index (χ3n) is 7.52. The summed E-state index contributed by atoms with van der Waals surface area (Å²) in [6.45, 7) is 4.01. The SMILES string of the molecule is Cc1ccc(-c2c3nc(c(CO)c4nc(c(-c5ccc(C)cc5)c5ccc(cc6ccc2[nH]6)[nH]5)C=C4)C=C3)cc1. The van der Waals surface area contributed by atoms with Crippen LogP contribution < -0.4 is 0 Å². The molecule has 7 rings (SSSR count). The zero-order valence-electron chi connectivity index (χ0n) is 22.4. The monoisotopic (exact) mass is 520 g/mol. The predicted octanol–water partition coefficient (Wildman–Crippen LogP) is 8.10. The van der Waals surface area contributed by atoms with Crippen molar-refractivity contribution in [3.63, 3.8) is 0 Å². The van der Waals surface area contributed by atoms with Gasteiger partial charge in [-0.1, -0.05) is 59.7 Å². The fourth-order valence-electron chi connectivity index (χ4n) is 5.41. The Morgan fingerprint density at radius 2 is 0.975 bits per heavy atom. The minimum atomic E-state index is -0.166. The van der Waals surface area contributed by atoms with Crippen LogP contribution in [0.5, 0.6) is 0 Å². The van der Waals surface area contributed by atoms with E-state index in [-0.39, 0.29) is 6.61 Å². The van der Waals surface area contributed by atoms with E-state index >= 15 is 0 Å². The highest BCUT2D eigenvalue weighted by molar-refractivity contribution is 5.93. The highest BCUT2D eigenvalue weighted by atomic mass is 16.3. The van der Waals surface area contributed by atoms with Crippen LogP contribution in [0.1, 0.15) is 39.5 Å². The quantitative estimate of drug-likeness (QED) is 0.220. The van der Waals surface area contributed by atoms with E-state index < -0.39 is 0 Å². The number of aliphatic hydroxyl groups excluding tert-OH is 1. The van der Waals surface area contributed by atoms with Gasteiger partial charge >= 0.3 is 0 Å². The number of rotatable bonds is 3. The molecule has 0 aliphatic carbocycles. The van der Waals surface area contributed by atoms with Crippen molar-refractivity contribution in [2.75, 3.05) is 0 Å². The predicted molar refractivity (Wildman–Crippen MR) is 165 cm³/mol. The lowest BCUT2D eigenvalue weighted by Crippen LogP contribution is -1.94. The molecule has 5 heteroatoms. The summed E-state index contributed by atoms with van der Waals surface area (Å²) in [6.07, 6.45) is 7.98. The molecule has 0 saturated carbocycles. The average Bonchev–Trinajstić information content (AvgIpc) is 3.77. The minimum Gasteiger partial charge on any atom is -0.392 e. The van der Waals surface area contributed by atoms with Gasteiger partial charge in [0, 0.05) is 38.8 Å². The molecule has 5 heterocycles. The highest BCUT2D eigenvalue weighted by Crippen LogP contribution is 2.33. The Hall–Kier alpha value is -5.00. The topological polar surface area (TPSA) is 77.6 Å². The molecule has 0 spiro atoms. The molecule has 0 unspecified atom stereocenters. The van der Waals surface area contributed by atoms with Crippen LogP contribution in [0.2, 0.25) is 0 Å². The number of nitrogens with zero attached hydrogens (tertiary/aromatic N) is 2. The maximum atomic E-state index is 10.5. The summed E-state index contributed by atoms with van der Waals surface area (Å²) >= 11 is 0. The molecule has 5 aromatic rings. The van der Waals surface area contributed by atoms with Crippen molar-refractivity contribution in [3.05, 3.63) is 118 Å². The van der Waals surface area contributed by atoms with Crippen LogP contribution in [0.3, 0.4) is 0 Å². The van der Waals surface area contributed by atoms with E-state index in [9.17, 15) is 5.11 Å². The van der Waals surface area contributed by atoms with Crippen LogP contribution in [0, 0.1) is 13.8 Å². The van der Waals surface area contributed by atoms with Gasteiger partial charge in [0.15, 0.2) is 0 Å². The summed E-state index contributed by atoms with van der Waals surface area (Å²) in [6, 6.07) is 27.5. The van der Waals surface area contributed by atoms with Crippen molar-refractivity contribution < 1.29 is 5.11 Å². The molecular formula is C35H28N4O.